The number of anilines is 2. The van der Waals surface area contributed by atoms with E-state index in [1.807, 2.05) is 6.92 Å². The highest BCUT2D eigenvalue weighted by Gasteiger charge is 2.27. The first-order chi connectivity index (χ1) is 15.2. The van der Waals surface area contributed by atoms with Crippen molar-refractivity contribution in [3.05, 3.63) is 77.3 Å². The summed E-state index contributed by atoms with van der Waals surface area (Å²) in [6, 6.07) is 17.6. The Morgan fingerprint density at radius 3 is 2.22 bits per heavy atom. The van der Waals surface area contributed by atoms with Crippen LogP contribution in [0.3, 0.4) is 0 Å². The Morgan fingerprint density at radius 1 is 0.969 bits per heavy atom. The van der Waals surface area contributed by atoms with Crippen molar-refractivity contribution in [2.75, 3.05) is 30.4 Å². The van der Waals surface area contributed by atoms with E-state index in [1.165, 1.54) is 26.4 Å². The molecule has 1 N–H and O–H groups in total. The number of carbonyl (C=O) groups excluding carboxylic acids is 1. The van der Waals surface area contributed by atoms with Gasteiger partial charge in [-0.15, -0.1) is 0 Å². The van der Waals surface area contributed by atoms with Gasteiger partial charge in [-0.2, -0.15) is 0 Å². The summed E-state index contributed by atoms with van der Waals surface area (Å²) < 4.78 is 38.3. The minimum absolute atomic E-state index is 0.0739. The van der Waals surface area contributed by atoms with Crippen LogP contribution in [0.2, 0.25) is 5.02 Å². The molecule has 0 bridgehead atoms. The number of nitrogens with zero attached hydrogens (tertiary/aromatic N) is 1. The topological polar surface area (TPSA) is 84.9 Å². The molecule has 0 unspecified atom stereocenters. The van der Waals surface area contributed by atoms with Gasteiger partial charge in [0.05, 0.1) is 30.5 Å². The first-order valence-electron chi connectivity index (χ1n) is 9.61. The highest BCUT2D eigenvalue weighted by atomic mass is 35.5. The Bertz CT molecular complexity index is 1200. The number of amides is 1. The summed E-state index contributed by atoms with van der Waals surface area (Å²) >= 11 is 5.97. The molecule has 1 amide bonds. The standard InChI is InChI=1S/C23H23ClN2O5S/c1-16-4-11-20(12-5-16)32(28,29)26(18-8-6-17(24)7-9-18)15-23(27)25-21-14-19(30-2)10-13-22(21)31-3/h4-14H,15H2,1-3H3,(H,25,27). The van der Waals surface area contributed by atoms with Gasteiger partial charge in [0, 0.05) is 11.1 Å². The third-order valence-electron chi connectivity index (χ3n) is 4.69. The molecule has 0 aromatic heterocycles. The van der Waals surface area contributed by atoms with Crippen LogP contribution >= 0.6 is 11.6 Å². The second-order valence-corrected chi connectivity index (χ2v) is 9.21. The number of ether oxygens (including phenoxy) is 2. The van der Waals surface area contributed by atoms with E-state index >= 15 is 0 Å². The smallest absolute Gasteiger partial charge is 0.264 e. The van der Waals surface area contributed by atoms with Gasteiger partial charge in [-0.1, -0.05) is 29.3 Å². The number of hydrogen-bond donors (Lipinski definition) is 1. The number of nitrogens with one attached hydrogen (secondary N) is 1. The summed E-state index contributed by atoms with van der Waals surface area (Å²) in [7, 11) is -1.05. The lowest BCUT2D eigenvalue weighted by atomic mass is 10.2. The molecule has 0 aliphatic rings. The first-order valence-corrected chi connectivity index (χ1v) is 11.4. The van der Waals surface area contributed by atoms with Crippen LogP contribution in [0.4, 0.5) is 11.4 Å². The van der Waals surface area contributed by atoms with Crippen molar-refractivity contribution in [1.29, 1.82) is 0 Å². The van der Waals surface area contributed by atoms with Gasteiger partial charge in [0.2, 0.25) is 5.91 Å². The number of methoxy groups -OCH3 is 2. The summed E-state index contributed by atoms with van der Waals surface area (Å²) in [4.78, 5) is 13.0. The van der Waals surface area contributed by atoms with E-state index in [0.29, 0.717) is 27.9 Å². The van der Waals surface area contributed by atoms with E-state index in [9.17, 15) is 13.2 Å². The molecule has 0 saturated carbocycles. The number of hydrogen-bond acceptors (Lipinski definition) is 5. The van der Waals surface area contributed by atoms with Crippen LogP contribution in [-0.2, 0) is 14.8 Å². The third kappa shape index (κ3) is 5.33. The molecule has 0 atom stereocenters. The van der Waals surface area contributed by atoms with E-state index in [4.69, 9.17) is 21.1 Å². The Kier molecular flexibility index (Phi) is 7.27. The largest absolute Gasteiger partial charge is 0.497 e. The zero-order chi connectivity index (χ0) is 23.3. The zero-order valence-electron chi connectivity index (χ0n) is 17.8. The van der Waals surface area contributed by atoms with Gasteiger partial charge in [0.1, 0.15) is 18.0 Å². The monoisotopic (exact) mass is 474 g/mol. The maximum Gasteiger partial charge on any atom is 0.264 e. The van der Waals surface area contributed by atoms with Crippen LogP contribution in [0.5, 0.6) is 11.5 Å². The van der Waals surface area contributed by atoms with Gasteiger partial charge in [-0.3, -0.25) is 9.10 Å². The summed E-state index contributed by atoms with van der Waals surface area (Å²) in [5.41, 5.74) is 1.59. The van der Waals surface area contributed by atoms with Crippen molar-refractivity contribution in [1.82, 2.24) is 0 Å². The van der Waals surface area contributed by atoms with Gasteiger partial charge in [0.15, 0.2) is 0 Å². The number of rotatable bonds is 8. The molecule has 3 rings (SSSR count). The molecule has 0 radical (unpaired) electrons. The lowest BCUT2D eigenvalue weighted by Gasteiger charge is -2.24. The summed E-state index contributed by atoms with van der Waals surface area (Å²) in [6.07, 6.45) is 0. The maximum absolute atomic E-state index is 13.4. The molecule has 7 nitrogen and oxygen atoms in total. The van der Waals surface area contributed by atoms with Gasteiger partial charge in [-0.25, -0.2) is 8.42 Å². The van der Waals surface area contributed by atoms with Gasteiger partial charge in [0.25, 0.3) is 10.0 Å². The molecule has 3 aromatic carbocycles. The highest BCUT2D eigenvalue weighted by molar-refractivity contribution is 7.92. The van der Waals surface area contributed by atoms with Crippen molar-refractivity contribution in [2.24, 2.45) is 0 Å². The van der Waals surface area contributed by atoms with Crippen molar-refractivity contribution in [3.63, 3.8) is 0 Å². The predicted molar refractivity (Wildman–Crippen MR) is 125 cm³/mol. The number of sulfonamides is 1. The van der Waals surface area contributed by atoms with Crippen LogP contribution < -0.4 is 19.1 Å². The van der Waals surface area contributed by atoms with Crippen molar-refractivity contribution < 1.29 is 22.7 Å². The Labute approximate surface area is 192 Å². The van der Waals surface area contributed by atoms with Crippen molar-refractivity contribution >= 4 is 38.9 Å². The SMILES string of the molecule is COc1ccc(OC)c(NC(=O)CN(c2ccc(Cl)cc2)S(=O)(=O)c2ccc(C)cc2)c1. The Hall–Kier alpha value is -3.23. The van der Waals surface area contributed by atoms with Crippen LogP contribution in [0.25, 0.3) is 0 Å². The predicted octanol–water partition coefficient (Wildman–Crippen LogP) is 4.50. The number of carbonyl (C=O) groups is 1. The minimum atomic E-state index is -4.03. The van der Waals surface area contributed by atoms with E-state index in [0.717, 1.165) is 9.87 Å². The molecular weight excluding hydrogens is 452 g/mol. The van der Waals surface area contributed by atoms with Crippen molar-refractivity contribution in [3.8, 4) is 11.5 Å². The molecule has 0 heterocycles. The fraction of sp³-hybridized carbons (Fsp3) is 0.174. The van der Waals surface area contributed by atoms with Crippen LogP contribution in [0, 0.1) is 6.92 Å². The van der Waals surface area contributed by atoms with Gasteiger partial charge in [-0.05, 0) is 55.5 Å². The third-order valence-corrected chi connectivity index (χ3v) is 6.73. The average Bonchev–Trinajstić information content (AvgIpc) is 2.78. The zero-order valence-corrected chi connectivity index (χ0v) is 19.4. The van der Waals surface area contributed by atoms with Crippen molar-refractivity contribution in [2.45, 2.75) is 11.8 Å². The van der Waals surface area contributed by atoms with Gasteiger partial charge >= 0.3 is 0 Å². The van der Waals surface area contributed by atoms with Crippen LogP contribution in [0.1, 0.15) is 5.56 Å². The lowest BCUT2D eigenvalue weighted by Crippen LogP contribution is -2.38. The first kappa shape index (κ1) is 23.4. The average molecular weight is 475 g/mol. The molecule has 0 spiro atoms. The van der Waals surface area contributed by atoms with Crippen LogP contribution in [-0.4, -0.2) is 35.1 Å². The number of halogens is 1. The normalized spacial score (nSPS) is 11.0. The second-order valence-electron chi connectivity index (χ2n) is 6.92. The molecule has 0 fully saturated rings. The number of aryl methyl sites for hydroxylation is 1. The summed E-state index contributed by atoms with van der Waals surface area (Å²) in [5, 5.41) is 3.16. The summed E-state index contributed by atoms with van der Waals surface area (Å²) in [5.74, 6) is 0.378. The highest BCUT2D eigenvalue weighted by Crippen LogP contribution is 2.30. The van der Waals surface area contributed by atoms with E-state index in [2.05, 4.69) is 5.32 Å². The molecule has 0 saturated heterocycles. The Morgan fingerprint density at radius 2 is 1.62 bits per heavy atom. The quantitative estimate of drug-likeness (QED) is 0.519. The fourth-order valence-electron chi connectivity index (χ4n) is 2.99. The maximum atomic E-state index is 13.4. The number of benzene rings is 3. The molecule has 3 aromatic rings. The second kappa shape index (κ2) is 9.93. The van der Waals surface area contributed by atoms with Crippen LogP contribution in [0.15, 0.2) is 71.6 Å². The Balaban J connectivity index is 1.95. The van der Waals surface area contributed by atoms with E-state index in [1.54, 1.807) is 54.6 Å². The molecule has 168 valence electrons. The molecule has 0 aliphatic heterocycles. The molecule has 0 aliphatic carbocycles. The van der Waals surface area contributed by atoms with E-state index < -0.39 is 22.5 Å². The lowest BCUT2D eigenvalue weighted by molar-refractivity contribution is -0.114. The molecule has 32 heavy (non-hydrogen) atoms. The summed E-state index contributed by atoms with van der Waals surface area (Å²) in [6.45, 7) is 1.40. The van der Waals surface area contributed by atoms with E-state index in [-0.39, 0.29) is 4.90 Å². The van der Waals surface area contributed by atoms with Gasteiger partial charge < -0.3 is 14.8 Å². The minimum Gasteiger partial charge on any atom is -0.497 e. The molecule has 9 heteroatoms. The molecular formula is C23H23ClN2O5S. The fourth-order valence-corrected chi connectivity index (χ4v) is 4.54.